The van der Waals surface area contributed by atoms with Crippen molar-refractivity contribution in [2.45, 2.75) is 20.5 Å². The normalized spacial score (nSPS) is 10.3. The Morgan fingerprint density at radius 2 is 2.14 bits per heavy atom. The van der Waals surface area contributed by atoms with Gasteiger partial charge in [0.05, 0.1) is 11.2 Å². The van der Waals surface area contributed by atoms with Crippen LogP contribution in [0.25, 0.3) is 0 Å². The summed E-state index contributed by atoms with van der Waals surface area (Å²) in [4.78, 5) is 15.0. The van der Waals surface area contributed by atoms with Crippen LogP contribution in [-0.4, -0.2) is 11.0 Å². The highest BCUT2D eigenvalue weighted by Crippen LogP contribution is 2.24. The minimum absolute atomic E-state index is 0.00369. The first-order valence-corrected chi connectivity index (χ1v) is 6.55. The number of hydrogen-bond donors (Lipinski definition) is 0. The Hall–Kier alpha value is -2.14. The van der Waals surface area contributed by atoms with E-state index in [2.05, 4.69) is 4.98 Å². The molecule has 1 heterocycles. The molecule has 0 saturated carbocycles. The van der Waals surface area contributed by atoms with Crippen molar-refractivity contribution in [3.8, 4) is 11.5 Å². The monoisotopic (exact) mass is 309 g/mol. The zero-order valence-corrected chi connectivity index (χ0v) is 12.3. The summed E-state index contributed by atoms with van der Waals surface area (Å²) in [5.41, 5.74) is 1.52. The van der Waals surface area contributed by atoms with Gasteiger partial charge in [-0.15, -0.1) is 0 Å². The SMILES string of the molecule is CC(=O)Oc1cncc(COc2ccc(F)c(Cl)c2)c1C. The van der Waals surface area contributed by atoms with Gasteiger partial charge in [0.1, 0.15) is 18.2 Å². The Morgan fingerprint density at radius 1 is 1.38 bits per heavy atom. The molecule has 1 aromatic heterocycles. The van der Waals surface area contributed by atoms with E-state index in [0.29, 0.717) is 11.5 Å². The molecule has 110 valence electrons. The van der Waals surface area contributed by atoms with Gasteiger partial charge >= 0.3 is 5.97 Å². The molecule has 2 aromatic rings. The standard InChI is InChI=1S/C15H13ClFNO3/c1-9-11(6-18-7-15(9)21-10(2)19)8-20-12-3-4-14(17)13(16)5-12/h3-7H,8H2,1-2H3. The van der Waals surface area contributed by atoms with E-state index in [0.717, 1.165) is 11.1 Å². The lowest BCUT2D eigenvalue weighted by molar-refractivity contribution is -0.131. The Morgan fingerprint density at radius 3 is 2.81 bits per heavy atom. The first kappa shape index (κ1) is 15.3. The van der Waals surface area contributed by atoms with Gasteiger partial charge in [-0.3, -0.25) is 9.78 Å². The molecule has 0 aliphatic carbocycles. The van der Waals surface area contributed by atoms with E-state index >= 15 is 0 Å². The lowest BCUT2D eigenvalue weighted by Crippen LogP contribution is -2.06. The van der Waals surface area contributed by atoms with Crippen molar-refractivity contribution < 1.29 is 18.7 Å². The molecule has 0 radical (unpaired) electrons. The fraction of sp³-hybridized carbons (Fsp3) is 0.200. The van der Waals surface area contributed by atoms with Crippen LogP contribution in [0.1, 0.15) is 18.1 Å². The van der Waals surface area contributed by atoms with Crippen LogP contribution >= 0.6 is 11.6 Å². The number of aromatic nitrogens is 1. The molecule has 1 aromatic carbocycles. The fourth-order valence-electron chi connectivity index (χ4n) is 1.68. The quantitative estimate of drug-likeness (QED) is 0.808. The number of hydrogen-bond acceptors (Lipinski definition) is 4. The van der Waals surface area contributed by atoms with E-state index in [9.17, 15) is 9.18 Å². The molecule has 6 heteroatoms. The van der Waals surface area contributed by atoms with Crippen molar-refractivity contribution in [3.63, 3.8) is 0 Å². The highest BCUT2D eigenvalue weighted by molar-refractivity contribution is 6.30. The average molecular weight is 310 g/mol. The van der Waals surface area contributed by atoms with Crippen LogP contribution in [0.2, 0.25) is 5.02 Å². The van der Waals surface area contributed by atoms with E-state index in [1.165, 1.54) is 31.3 Å². The van der Waals surface area contributed by atoms with Gasteiger partial charge in [-0.25, -0.2) is 4.39 Å². The number of carbonyl (C=O) groups is 1. The van der Waals surface area contributed by atoms with Crippen molar-refractivity contribution in [2.75, 3.05) is 0 Å². The summed E-state index contributed by atoms with van der Waals surface area (Å²) in [7, 11) is 0. The fourth-order valence-corrected chi connectivity index (χ4v) is 1.85. The molecule has 0 amide bonds. The zero-order chi connectivity index (χ0) is 15.4. The highest BCUT2D eigenvalue weighted by Gasteiger charge is 2.09. The maximum atomic E-state index is 13.1. The summed E-state index contributed by atoms with van der Waals surface area (Å²) in [6.45, 7) is 3.33. The number of rotatable bonds is 4. The second kappa shape index (κ2) is 6.54. The van der Waals surface area contributed by atoms with Crippen LogP contribution < -0.4 is 9.47 Å². The van der Waals surface area contributed by atoms with Crippen LogP contribution in [0.4, 0.5) is 4.39 Å². The first-order valence-electron chi connectivity index (χ1n) is 6.17. The first-order chi connectivity index (χ1) is 9.97. The number of carbonyl (C=O) groups excluding carboxylic acids is 1. The molecule has 0 unspecified atom stereocenters. The van der Waals surface area contributed by atoms with Gasteiger partial charge in [-0.05, 0) is 19.1 Å². The molecule has 0 N–H and O–H groups in total. The van der Waals surface area contributed by atoms with E-state index in [4.69, 9.17) is 21.1 Å². The van der Waals surface area contributed by atoms with Crippen LogP contribution in [0, 0.1) is 12.7 Å². The van der Waals surface area contributed by atoms with Gasteiger partial charge in [0.25, 0.3) is 0 Å². The molecule has 0 atom stereocenters. The maximum absolute atomic E-state index is 13.1. The molecule has 2 rings (SSSR count). The van der Waals surface area contributed by atoms with Gasteiger partial charge in [0.2, 0.25) is 0 Å². The predicted octanol–water partition coefficient (Wildman–Crippen LogP) is 3.69. The van der Waals surface area contributed by atoms with Crippen LogP contribution in [0.3, 0.4) is 0 Å². The zero-order valence-electron chi connectivity index (χ0n) is 11.5. The summed E-state index contributed by atoms with van der Waals surface area (Å²) in [5, 5.41) is -0.00369. The molecular weight excluding hydrogens is 297 g/mol. The van der Waals surface area contributed by atoms with Gasteiger partial charge in [0.15, 0.2) is 5.75 Å². The van der Waals surface area contributed by atoms with Crippen LogP contribution in [-0.2, 0) is 11.4 Å². The summed E-state index contributed by atoms with van der Waals surface area (Å²) < 4.78 is 23.6. The Labute approximate surface area is 126 Å². The smallest absolute Gasteiger partial charge is 0.308 e. The van der Waals surface area contributed by atoms with Crippen LogP contribution in [0.15, 0.2) is 30.6 Å². The van der Waals surface area contributed by atoms with Crippen LogP contribution in [0.5, 0.6) is 11.5 Å². The molecule has 0 aliphatic rings. The van der Waals surface area contributed by atoms with E-state index < -0.39 is 11.8 Å². The van der Waals surface area contributed by atoms with E-state index in [-0.39, 0.29) is 11.6 Å². The van der Waals surface area contributed by atoms with Gasteiger partial charge in [0, 0.05) is 30.3 Å². The molecule has 4 nitrogen and oxygen atoms in total. The molecule has 0 spiro atoms. The predicted molar refractivity (Wildman–Crippen MR) is 76.0 cm³/mol. The lowest BCUT2D eigenvalue weighted by atomic mass is 10.1. The lowest BCUT2D eigenvalue weighted by Gasteiger charge is -2.11. The molecule has 0 fully saturated rings. The maximum Gasteiger partial charge on any atom is 0.308 e. The third-order valence-electron chi connectivity index (χ3n) is 2.81. The van der Waals surface area contributed by atoms with E-state index in [1.807, 2.05) is 0 Å². The summed E-state index contributed by atoms with van der Waals surface area (Å²) in [6.07, 6.45) is 3.09. The summed E-state index contributed by atoms with van der Waals surface area (Å²) in [5.74, 6) is -0.0820. The van der Waals surface area contributed by atoms with Gasteiger partial charge in [-0.2, -0.15) is 0 Å². The molecular formula is C15H13ClFNO3. The van der Waals surface area contributed by atoms with Crippen molar-refractivity contribution >= 4 is 17.6 Å². The average Bonchev–Trinajstić information content (AvgIpc) is 2.43. The summed E-state index contributed by atoms with van der Waals surface area (Å²) >= 11 is 5.68. The van der Waals surface area contributed by atoms with Crippen molar-refractivity contribution in [2.24, 2.45) is 0 Å². The van der Waals surface area contributed by atoms with Crippen molar-refractivity contribution in [1.29, 1.82) is 0 Å². The number of esters is 1. The minimum atomic E-state index is -0.501. The number of pyridine rings is 1. The third kappa shape index (κ3) is 3.92. The van der Waals surface area contributed by atoms with Gasteiger partial charge < -0.3 is 9.47 Å². The van der Waals surface area contributed by atoms with Crippen molar-refractivity contribution in [3.05, 3.63) is 52.6 Å². The molecule has 0 bridgehead atoms. The Balaban J connectivity index is 2.12. The molecule has 0 aliphatic heterocycles. The molecule has 21 heavy (non-hydrogen) atoms. The van der Waals surface area contributed by atoms with Gasteiger partial charge in [-0.1, -0.05) is 11.6 Å². The topological polar surface area (TPSA) is 48.4 Å². The Kier molecular flexibility index (Phi) is 4.75. The largest absolute Gasteiger partial charge is 0.489 e. The number of nitrogens with zero attached hydrogens (tertiary/aromatic N) is 1. The number of benzene rings is 1. The summed E-state index contributed by atoms with van der Waals surface area (Å²) in [6, 6.07) is 4.12. The second-order valence-corrected chi connectivity index (χ2v) is 4.79. The minimum Gasteiger partial charge on any atom is -0.489 e. The highest BCUT2D eigenvalue weighted by atomic mass is 35.5. The number of ether oxygens (including phenoxy) is 2. The second-order valence-electron chi connectivity index (χ2n) is 4.38. The third-order valence-corrected chi connectivity index (χ3v) is 3.10. The van der Waals surface area contributed by atoms with E-state index in [1.54, 1.807) is 13.1 Å². The molecule has 0 saturated heterocycles. The van der Waals surface area contributed by atoms with Crippen molar-refractivity contribution in [1.82, 2.24) is 4.98 Å². The Bertz CT molecular complexity index is 676. The number of halogens is 2.